The van der Waals surface area contributed by atoms with Crippen LogP contribution in [-0.4, -0.2) is 79.8 Å². The van der Waals surface area contributed by atoms with Crippen molar-refractivity contribution in [2.75, 3.05) is 20.2 Å². The molecule has 14 heteroatoms. The molecule has 3 aromatic carbocycles. The number of nitrogens with zero attached hydrogens (tertiary/aromatic N) is 2. The van der Waals surface area contributed by atoms with Crippen molar-refractivity contribution in [3.8, 4) is 34.6 Å². The number of methoxy groups -OCH3 is 1. The Kier molecular flexibility index (Phi) is 10.7. The lowest BCUT2D eigenvalue weighted by Crippen LogP contribution is -2.57. The predicted octanol–water partition coefficient (Wildman–Crippen LogP) is 3.35. The minimum atomic E-state index is -4.27. The summed E-state index contributed by atoms with van der Waals surface area (Å²) in [5.41, 5.74) is 1.01. The molecule has 4 amide bonds. The molecule has 13 nitrogen and oxygen atoms in total. The van der Waals surface area contributed by atoms with Gasteiger partial charge in [0.25, 0.3) is 21.8 Å². The average Bonchev–Trinajstić information content (AvgIpc) is 3.76. The van der Waals surface area contributed by atoms with Crippen LogP contribution in [0.15, 0.2) is 102 Å². The van der Waals surface area contributed by atoms with Crippen LogP contribution in [0.25, 0.3) is 22.2 Å². The fourth-order valence-corrected chi connectivity index (χ4v) is 7.70. The molecule has 6 rings (SSSR count). The minimum Gasteiger partial charge on any atom is -0.497 e. The Morgan fingerprint density at radius 1 is 1.02 bits per heavy atom. The molecule has 1 aliphatic heterocycles. The highest BCUT2D eigenvalue weighted by Crippen LogP contribution is 2.48. The topological polar surface area (TPSA) is 173 Å². The van der Waals surface area contributed by atoms with Gasteiger partial charge in [0.1, 0.15) is 29.2 Å². The number of sulfonamides is 1. The largest absolute Gasteiger partial charge is 0.497 e. The summed E-state index contributed by atoms with van der Waals surface area (Å²) in [5.74, 6) is 2.41. The zero-order chi connectivity index (χ0) is 38.6. The molecule has 0 unspecified atom stereocenters. The third kappa shape index (κ3) is 7.91. The maximum Gasteiger partial charge on any atom is 0.296 e. The molecule has 0 radical (unpaired) electrons. The first-order valence-corrected chi connectivity index (χ1v) is 18.6. The molecule has 4 atom stereocenters. The fourth-order valence-electron chi connectivity index (χ4n) is 6.64. The molecule has 1 aromatic heterocycles. The molecule has 4 aromatic rings. The van der Waals surface area contributed by atoms with Crippen LogP contribution in [0.2, 0.25) is 0 Å². The van der Waals surface area contributed by atoms with E-state index in [1.54, 1.807) is 38.3 Å². The van der Waals surface area contributed by atoms with Crippen molar-refractivity contribution >= 4 is 44.6 Å². The number of carbonyl (C=O) groups is 4. The number of benzene rings is 3. The number of hydrogen-bond acceptors (Lipinski definition) is 9. The lowest BCUT2D eigenvalue weighted by molar-refractivity contribution is -0.139. The van der Waals surface area contributed by atoms with Gasteiger partial charge in [-0.3, -0.25) is 19.2 Å². The number of hydrogen-bond donors (Lipinski definition) is 3. The third-order valence-electron chi connectivity index (χ3n) is 9.45. The number of nitrogens with one attached hydrogen (secondary N) is 3. The molecule has 2 fully saturated rings. The first kappa shape index (κ1) is 37.6. The van der Waals surface area contributed by atoms with Crippen LogP contribution in [0.3, 0.4) is 0 Å². The van der Waals surface area contributed by atoms with E-state index in [1.165, 1.54) is 36.1 Å². The summed E-state index contributed by atoms with van der Waals surface area (Å²) in [5, 5.41) is 5.90. The highest BCUT2D eigenvalue weighted by atomic mass is 32.2. The molecule has 0 bridgehead atoms. The van der Waals surface area contributed by atoms with Crippen molar-refractivity contribution in [2.45, 2.75) is 49.3 Å². The van der Waals surface area contributed by atoms with Gasteiger partial charge in [0.2, 0.25) is 11.8 Å². The molecule has 3 N–H and O–H groups in total. The second-order valence-electron chi connectivity index (χ2n) is 13.2. The van der Waals surface area contributed by atoms with E-state index in [0.717, 1.165) is 5.56 Å². The molecule has 2 heterocycles. The Labute approximate surface area is 313 Å². The zero-order valence-corrected chi connectivity index (χ0v) is 30.7. The minimum absolute atomic E-state index is 0.0126. The monoisotopic (exact) mass is 749 g/mol. The number of carbonyl (C=O) groups excluding carboxylic acids is 4. The van der Waals surface area contributed by atoms with Gasteiger partial charge in [0, 0.05) is 35.4 Å². The van der Waals surface area contributed by atoms with E-state index in [4.69, 9.17) is 14.5 Å². The van der Waals surface area contributed by atoms with Gasteiger partial charge in [-0.05, 0) is 50.5 Å². The normalized spacial score (nSPS) is 20.2. The van der Waals surface area contributed by atoms with Gasteiger partial charge in [-0.2, -0.15) is 0 Å². The molecule has 1 saturated heterocycles. The molecular weight excluding hydrogens is 711 g/mol. The quantitative estimate of drug-likeness (QED) is 0.145. The van der Waals surface area contributed by atoms with Gasteiger partial charge in [-0.1, -0.05) is 66.6 Å². The number of rotatable bonds is 12. The van der Waals surface area contributed by atoms with Crippen molar-refractivity contribution in [3.63, 3.8) is 0 Å². The average molecular weight is 750 g/mol. The van der Waals surface area contributed by atoms with Crippen LogP contribution in [0, 0.1) is 17.8 Å². The van der Waals surface area contributed by atoms with Crippen LogP contribution in [-0.2, 0) is 29.2 Å². The standard InChI is InChI=1S/C40H39N5O8S/c1-5-12-36(46)41-23-37(47)45-24-28(53-35-21-32(26-13-8-6-9-14-26)42-33-19-27(52-4)17-18-30(33)35)20-34(45)38(48)43-40(22-31(40)25(2)3)39(49)44-54(50,51)29-15-10-7-11-16-29/h6-11,13-19,21,28,31,34H,2,20,22-24H2,1,3-4H3,(H,41,46)(H,43,48)(H,44,49)/t28-,31+,34+,40-/m1/s1. The second kappa shape index (κ2) is 15.4. The third-order valence-corrected chi connectivity index (χ3v) is 10.8. The highest BCUT2D eigenvalue weighted by Gasteiger charge is 2.63. The maximum absolute atomic E-state index is 14.2. The molecule has 1 saturated carbocycles. The summed E-state index contributed by atoms with van der Waals surface area (Å²) in [7, 11) is -2.71. The zero-order valence-electron chi connectivity index (χ0n) is 29.9. The lowest BCUT2D eigenvalue weighted by atomic mass is 10.1. The first-order chi connectivity index (χ1) is 25.8. The summed E-state index contributed by atoms with van der Waals surface area (Å²) < 4.78 is 40.4. The number of aromatic nitrogens is 1. The van der Waals surface area contributed by atoms with Crippen LogP contribution in [0.1, 0.15) is 26.7 Å². The molecule has 2 aliphatic rings. The Bertz CT molecular complexity index is 2310. The van der Waals surface area contributed by atoms with Crippen LogP contribution < -0.4 is 24.8 Å². The van der Waals surface area contributed by atoms with Crippen molar-refractivity contribution in [1.82, 2.24) is 25.2 Å². The Balaban J connectivity index is 1.30. The highest BCUT2D eigenvalue weighted by molar-refractivity contribution is 7.90. The molecule has 54 heavy (non-hydrogen) atoms. The van der Waals surface area contributed by atoms with Crippen molar-refractivity contribution in [3.05, 3.63) is 97.1 Å². The van der Waals surface area contributed by atoms with Crippen molar-refractivity contribution in [1.29, 1.82) is 0 Å². The van der Waals surface area contributed by atoms with Gasteiger partial charge in [-0.15, -0.1) is 0 Å². The van der Waals surface area contributed by atoms with Crippen LogP contribution in [0.5, 0.6) is 11.5 Å². The second-order valence-corrected chi connectivity index (χ2v) is 14.8. The van der Waals surface area contributed by atoms with E-state index in [0.29, 0.717) is 33.7 Å². The van der Waals surface area contributed by atoms with Crippen molar-refractivity contribution < 1.29 is 37.1 Å². The SMILES string of the molecule is C=C(C)[C@@H]1C[C@]1(NC(=O)[C@@H]1C[C@@H](Oc2cc(-c3ccccc3)nc3cc(OC)ccc23)CN1C(=O)CNC(=O)C#CC)C(=O)NS(=O)(=O)c1ccccc1. The number of ether oxygens (including phenoxy) is 2. The van der Waals surface area contributed by atoms with Gasteiger partial charge in [0.05, 0.1) is 36.3 Å². The van der Waals surface area contributed by atoms with Gasteiger partial charge >= 0.3 is 0 Å². The van der Waals surface area contributed by atoms with Crippen molar-refractivity contribution in [2.24, 2.45) is 5.92 Å². The molecule has 1 aliphatic carbocycles. The maximum atomic E-state index is 14.2. The van der Waals surface area contributed by atoms with E-state index in [9.17, 15) is 27.6 Å². The van der Waals surface area contributed by atoms with Gasteiger partial charge in [-0.25, -0.2) is 18.1 Å². The van der Waals surface area contributed by atoms with E-state index < -0.39 is 63.8 Å². The molecule has 278 valence electrons. The van der Waals surface area contributed by atoms with E-state index in [-0.39, 0.29) is 24.3 Å². The Hall–Kier alpha value is -6.20. The van der Waals surface area contributed by atoms with E-state index in [1.807, 2.05) is 36.4 Å². The Morgan fingerprint density at radius 2 is 1.72 bits per heavy atom. The van der Waals surface area contributed by atoms with Gasteiger partial charge < -0.3 is 25.0 Å². The van der Waals surface area contributed by atoms with E-state index in [2.05, 4.69) is 33.8 Å². The molecular formula is C40H39N5O8S. The Morgan fingerprint density at radius 3 is 2.37 bits per heavy atom. The number of likely N-dealkylation sites (tertiary alicyclic amines) is 1. The predicted molar refractivity (Wildman–Crippen MR) is 200 cm³/mol. The molecule has 0 spiro atoms. The van der Waals surface area contributed by atoms with E-state index >= 15 is 0 Å². The van der Waals surface area contributed by atoms with Gasteiger partial charge in [0.15, 0.2) is 0 Å². The van der Waals surface area contributed by atoms with Crippen LogP contribution >= 0.6 is 0 Å². The number of amides is 4. The lowest BCUT2D eigenvalue weighted by Gasteiger charge is -2.26. The summed E-state index contributed by atoms with van der Waals surface area (Å²) in [6, 6.07) is 22.9. The summed E-state index contributed by atoms with van der Waals surface area (Å²) in [6.45, 7) is 6.63. The number of pyridine rings is 1. The fraction of sp³-hybridized carbons (Fsp3) is 0.275. The first-order valence-electron chi connectivity index (χ1n) is 17.2. The summed E-state index contributed by atoms with van der Waals surface area (Å²) >= 11 is 0. The number of fused-ring (bicyclic) bond motifs is 1. The summed E-state index contributed by atoms with van der Waals surface area (Å²) in [4.78, 5) is 59.7. The van der Waals surface area contributed by atoms with Crippen LogP contribution in [0.4, 0.5) is 0 Å². The smallest absolute Gasteiger partial charge is 0.296 e. The summed E-state index contributed by atoms with van der Waals surface area (Å²) in [6.07, 6.45) is -0.601.